The third-order valence-corrected chi connectivity index (χ3v) is 6.00. The summed E-state index contributed by atoms with van der Waals surface area (Å²) in [4.78, 5) is 37.5. The Morgan fingerprint density at radius 3 is 2.67 bits per heavy atom. The minimum atomic E-state index is -0.506. The Morgan fingerprint density at radius 1 is 1.09 bits per heavy atom. The fourth-order valence-electron chi connectivity index (χ4n) is 4.38. The maximum atomic E-state index is 13.2. The van der Waals surface area contributed by atoms with Crippen LogP contribution in [0.3, 0.4) is 0 Å². The number of nitrogens with zero attached hydrogens (tertiary/aromatic N) is 4. The lowest BCUT2D eigenvalue weighted by atomic mass is 10.2. The monoisotopic (exact) mass is 442 g/mol. The van der Waals surface area contributed by atoms with E-state index in [9.17, 15) is 9.59 Å². The van der Waals surface area contributed by atoms with Crippen LogP contribution in [0.2, 0.25) is 0 Å². The number of carbonyl (C=O) groups excluding carboxylic acids is 2. The quantitative estimate of drug-likeness (QED) is 0.490. The van der Waals surface area contributed by atoms with E-state index in [2.05, 4.69) is 15.3 Å². The van der Waals surface area contributed by atoms with Gasteiger partial charge in [-0.25, -0.2) is 9.78 Å². The number of urea groups is 1. The molecule has 0 unspecified atom stereocenters. The number of carbonyl (C=O) groups is 2. The van der Waals surface area contributed by atoms with Crippen molar-refractivity contribution < 1.29 is 9.59 Å². The number of fused-ring (bicyclic) bond motifs is 1. The third kappa shape index (κ3) is 4.19. The Bertz CT molecular complexity index is 1250. The van der Waals surface area contributed by atoms with E-state index in [4.69, 9.17) is 0 Å². The van der Waals surface area contributed by atoms with Crippen LogP contribution in [0.15, 0.2) is 73.1 Å². The molecule has 0 bridgehead atoms. The number of para-hydroxylation sites is 4. The highest BCUT2D eigenvalue weighted by Crippen LogP contribution is 2.24. The molecule has 0 radical (unpaired) electrons. The largest absolute Gasteiger partial charge is 0.340 e. The van der Waals surface area contributed by atoms with Crippen LogP contribution in [0.25, 0.3) is 16.7 Å². The zero-order valence-electron chi connectivity index (χ0n) is 18.4. The number of amides is 3. The summed E-state index contributed by atoms with van der Waals surface area (Å²) in [5, 5.41) is 3.04. The fourth-order valence-corrected chi connectivity index (χ4v) is 4.38. The molecule has 8 heteroatoms. The highest BCUT2D eigenvalue weighted by molar-refractivity contribution is 5.98. The number of imidazole rings is 1. The van der Waals surface area contributed by atoms with Crippen molar-refractivity contribution in [2.45, 2.75) is 25.4 Å². The van der Waals surface area contributed by atoms with E-state index in [1.807, 2.05) is 77.6 Å². The molecule has 1 atom stereocenters. The predicted octanol–water partition coefficient (Wildman–Crippen LogP) is 4.01. The third-order valence-electron chi connectivity index (χ3n) is 6.00. The summed E-state index contributed by atoms with van der Waals surface area (Å²) in [5.41, 5.74) is 3.41. The van der Waals surface area contributed by atoms with Gasteiger partial charge in [0.05, 0.1) is 29.0 Å². The molecule has 2 N–H and O–H groups in total. The number of nitrogens with one attached hydrogen (secondary N) is 2. The number of hydrogen-bond donors (Lipinski definition) is 2. The second-order valence-corrected chi connectivity index (χ2v) is 8.29. The first-order valence-corrected chi connectivity index (χ1v) is 11.1. The predicted molar refractivity (Wildman–Crippen MR) is 127 cm³/mol. The van der Waals surface area contributed by atoms with Crippen LogP contribution < -0.4 is 5.32 Å². The molecule has 0 aliphatic carbocycles. The van der Waals surface area contributed by atoms with Crippen LogP contribution in [0.1, 0.15) is 18.7 Å². The van der Waals surface area contributed by atoms with Gasteiger partial charge in [0.1, 0.15) is 11.9 Å². The highest BCUT2D eigenvalue weighted by atomic mass is 16.2. The van der Waals surface area contributed by atoms with Gasteiger partial charge in [-0.05, 0) is 49.2 Å². The summed E-state index contributed by atoms with van der Waals surface area (Å²) in [6.45, 7) is 0.898. The van der Waals surface area contributed by atoms with E-state index in [1.165, 1.54) is 0 Å². The first-order chi connectivity index (χ1) is 16.1. The molecular formula is C25H26N6O2. The molecule has 3 heterocycles. The molecule has 1 fully saturated rings. The fraction of sp³-hybridized carbons (Fsp3) is 0.240. The van der Waals surface area contributed by atoms with Crippen LogP contribution in [0.5, 0.6) is 0 Å². The molecule has 0 saturated carbocycles. The van der Waals surface area contributed by atoms with Crippen molar-refractivity contribution in [2.75, 3.05) is 18.9 Å². The zero-order valence-corrected chi connectivity index (χ0v) is 18.4. The van der Waals surface area contributed by atoms with Crippen LogP contribution in [0, 0.1) is 0 Å². The van der Waals surface area contributed by atoms with Crippen molar-refractivity contribution >= 4 is 28.7 Å². The second kappa shape index (κ2) is 8.82. The van der Waals surface area contributed by atoms with E-state index in [1.54, 1.807) is 16.8 Å². The summed E-state index contributed by atoms with van der Waals surface area (Å²) in [5.74, 6) is 0.547. The van der Waals surface area contributed by atoms with Crippen LogP contribution in [-0.4, -0.2) is 55.9 Å². The number of rotatable bonds is 5. The van der Waals surface area contributed by atoms with Gasteiger partial charge in [0.25, 0.3) is 0 Å². The average Bonchev–Trinajstić information content (AvgIpc) is 3.59. The lowest BCUT2D eigenvalue weighted by Crippen LogP contribution is -2.48. The maximum absolute atomic E-state index is 13.2. The molecule has 3 amide bonds. The Kier molecular flexibility index (Phi) is 5.56. The SMILES string of the molecule is CN(Cc1nc2ccccc2[nH]1)C(=O)N1CCC[C@H]1C(=O)Nc1ccccc1-n1cccc1. The standard InChI is InChI=1S/C25H26N6O2/c1-29(17-23-26-18-9-2-3-10-19(18)27-23)25(33)31-16-8-13-22(31)24(32)28-20-11-4-5-12-21(20)30-14-6-7-15-30/h2-7,9-12,14-15,22H,8,13,16-17H2,1H3,(H,26,27)(H,28,32)/t22-/m0/s1. The first-order valence-electron chi connectivity index (χ1n) is 11.1. The molecule has 5 rings (SSSR count). The Labute approximate surface area is 191 Å². The summed E-state index contributed by atoms with van der Waals surface area (Å²) in [7, 11) is 1.74. The summed E-state index contributed by atoms with van der Waals surface area (Å²) in [6.07, 6.45) is 5.30. The summed E-state index contributed by atoms with van der Waals surface area (Å²) >= 11 is 0. The molecule has 1 aliphatic heterocycles. The highest BCUT2D eigenvalue weighted by Gasteiger charge is 2.36. The second-order valence-electron chi connectivity index (χ2n) is 8.29. The Balaban J connectivity index is 1.28. The van der Waals surface area contributed by atoms with Crippen molar-refractivity contribution in [3.05, 3.63) is 78.9 Å². The number of likely N-dealkylation sites (tertiary alicyclic amines) is 1. The van der Waals surface area contributed by atoms with Gasteiger partial charge in [0.15, 0.2) is 0 Å². The van der Waals surface area contributed by atoms with Gasteiger partial charge in [-0.1, -0.05) is 24.3 Å². The van der Waals surface area contributed by atoms with Gasteiger partial charge in [-0.15, -0.1) is 0 Å². The van der Waals surface area contributed by atoms with Gasteiger partial charge in [0.2, 0.25) is 5.91 Å². The van der Waals surface area contributed by atoms with Crippen molar-refractivity contribution in [1.82, 2.24) is 24.3 Å². The van der Waals surface area contributed by atoms with Crippen LogP contribution >= 0.6 is 0 Å². The summed E-state index contributed by atoms with van der Waals surface area (Å²) in [6, 6.07) is 18.6. The van der Waals surface area contributed by atoms with Gasteiger partial charge in [-0.3, -0.25) is 4.79 Å². The van der Waals surface area contributed by atoms with Crippen LogP contribution in [-0.2, 0) is 11.3 Å². The zero-order chi connectivity index (χ0) is 22.8. The van der Waals surface area contributed by atoms with E-state index < -0.39 is 6.04 Å². The average molecular weight is 443 g/mol. The molecule has 2 aromatic carbocycles. The summed E-state index contributed by atoms with van der Waals surface area (Å²) < 4.78 is 1.95. The number of aromatic nitrogens is 3. The van der Waals surface area contributed by atoms with Gasteiger partial charge >= 0.3 is 6.03 Å². The number of hydrogen-bond acceptors (Lipinski definition) is 3. The van der Waals surface area contributed by atoms with Gasteiger partial charge in [-0.2, -0.15) is 0 Å². The molecular weight excluding hydrogens is 416 g/mol. The minimum Gasteiger partial charge on any atom is -0.340 e. The first kappa shape index (κ1) is 20.8. The van der Waals surface area contributed by atoms with E-state index >= 15 is 0 Å². The normalized spacial score (nSPS) is 15.7. The molecule has 168 valence electrons. The maximum Gasteiger partial charge on any atom is 0.320 e. The smallest absolute Gasteiger partial charge is 0.320 e. The van der Waals surface area contributed by atoms with Crippen molar-refractivity contribution in [2.24, 2.45) is 0 Å². The molecule has 1 aliphatic rings. The number of H-pyrrole nitrogens is 1. The number of anilines is 1. The van der Waals surface area contributed by atoms with Gasteiger partial charge in [0, 0.05) is 26.0 Å². The lowest BCUT2D eigenvalue weighted by Gasteiger charge is -2.28. The molecule has 8 nitrogen and oxygen atoms in total. The Morgan fingerprint density at radius 2 is 1.85 bits per heavy atom. The molecule has 33 heavy (non-hydrogen) atoms. The molecule has 2 aromatic heterocycles. The van der Waals surface area contributed by atoms with E-state index in [0.717, 1.165) is 23.1 Å². The number of aromatic amines is 1. The minimum absolute atomic E-state index is 0.169. The topological polar surface area (TPSA) is 86.3 Å². The van der Waals surface area contributed by atoms with Crippen molar-refractivity contribution in [1.29, 1.82) is 0 Å². The van der Waals surface area contributed by atoms with E-state index in [-0.39, 0.29) is 11.9 Å². The van der Waals surface area contributed by atoms with Gasteiger partial charge < -0.3 is 24.7 Å². The van der Waals surface area contributed by atoms with Crippen molar-refractivity contribution in [3.63, 3.8) is 0 Å². The molecule has 4 aromatic rings. The van der Waals surface area contributed by atoms with Crippen LogP contribution in [0.4, 0.5) is 10.5 Å². The lowest BCUT2D eigenvalue weighted by molar-refractivity contribution is -0.119. The van der Waals surface area contributed by atoms with Crippen molar-refractivity contribution in [3.8, 4) is 5.69 Å². The Hall–Kier alpha value is -4.07. The molecule has 0 spiro atoms. The number of benzene rings is 2. The van der Waals surface area contributed by atoms with E-state index in [0.29, 0.717) is 31.0 Å². The molecule has 1 saturated heterocycles.